The summed E-state index contributed by atoms with van der Waals surface area (Å²) in [6.07, 6.45) is 0. The van der Waals surface area contributed by atoms with E-state index >= 15 is 0 Å². The molecule has 1 unspecified atom stereocenters. The van der Waals surface area contributed by atoms with Gasteiger partial charge in [0.05, 0.1) is 26.6 Å². The fraction of sp³-hybridized carbons (Fsp3) is 0.0833. The van der Waals surface area contributed by atoms with Crippen molar-refractivity contribution in [1.29, 1.82) is 0 Å². The molecule has 1 atom stereocenters. The molecular formula is C12H8Cl2O4S. The molecule has 0 saturated carbocycles. The van der Waals surface area contributed by atoms with Crippen molar-refractivity contribution in [2.24, 2.45) is 0 Å². The van der Waals surface area contributed by atoms with Crippen LogP contribution in [0.15, 0.2) is 39.8 Å². The van der Waals surface area contributed by atoms with Gasteiger partial charge in [-0.2, -0.15) is 0 Å². The SMILES string of the molecule is O=C(O)c1ccc(S(=O)Cc2ccc(Cl)c(Cl)c2)o1. The number of hydrogen-bond donors (Lipinski definition) is 1. The summed E-state index contributed by atoms with van der Waals surface area (Å²) in [5.74, 6) is -1.26. The fourth-order valence-corrected chi connectivity index (χ4v) is 2.76. The van der Waals surface area contributed by atoms with Gasteiger partial charge in [0.1, 0.15) is 0 Å². The van der Waals surface area contributed by atoms with Crippen LogP contribution in [-0.4, -0.2) is 15.3 Å². The Morgan fingerprint density at radius 2 is 1.95 bits per heavy atom. The highest BCUT2D eigenvalue weighted by Crippen LogP contribution is 2.24. The number of aromatic carboxylic acids is 1. The largest absolute Gasteiger partial charge is 0.475 e. The number of rotatable bonds is 4. The van der Waals surface area contributed by atoms with Crippen molar-refractivity contribution >= 4 is 40.0 Å². The highest BCUT2D eigenvalue weighted by Gasteiger charge is 2.14. The molecule has 1 N–H and O–H groups in total. The first-order valence-electron chi connectivity index (χ1n) is 5.13. The average molecular weight is 319 g/mol. The summed E-state index contributed by atoms with van der Waals surface area (Å²) >= 11 is 11.6. The lowest BCUT2D eigenvalue weighted by molar-refractivity contribution is 0.0656. The van der Waals surface area contributed by atoms with E-state index in [2.05, 4.69) is 0 Å². The summed E-state index contributed by atoms with van der Waals surface area (Å²) in [5.41, 5.74) is 0.723. The minimum absolute atomic E-state index is 0.114. The molecule has 0 bridgehead atoms. The van der Waals surface area contributed by atoms with Gasteiger partial charge in [-0.05, 0) is 29.8 Å². The van der Waals surface area contributed by atoms with Gasteiger partial charge in [0.25, 0.3) is 0 Å². The Bertz CT molecular complexity index is 651. The maximum atomic E-state index is 12.0. The lowest BCUT2D eigenvalue weighted by Crippen LogP contribution is -1.96. The fourth-order valence-electron chi connectivity index (χ4n) is 1.41. The van der Waals surface area contributed by atoms with E-state index in [4.69, 9.17) is 32.7 Å². The van der Waals surface area contributed by atoms with Gasteiger partial charge in [-0.25, -0.2) is 4.79 Å². The first-order chi connectivity index (χ1) is 8.97. The normalized spacial score (nSPS) is 12.3. The second-order valence-corrected chi connectivity index (χ2v) is 5.86. The first-order valence-corrected chi connectivity index (χ1v) is 7.20. The molecule has 4 nitrogen and oxygen atoms in total. The predicted molar refractivity (Wildman–Crippen MR) is 72.2 cm³/mol. The quantitative estimate of drug-likeness (QED) is 0.935. The summed E-state index contributed by atoms with van der Waals surface area (Å²) < 4.78 is 17.0. The van der Waals surface area contributed by atoms with Gasteiger partial charge >= 0.3 is 5.97 Å². The third kappa shape index (κ3) is 3.37. The number of hydrogen-bond acceptors (Lipinski definition) is 3. The summed E-state index contributed by atoms with van der Waals surface area (Å²) in [6.45, 7) is 0. The minimum Gasteiger partial charge on any atom is -0.475 e. The topological polar surface area (TPSA) is 67.5 Å². The number of benzene rings is 1. The summed E-state index contributed by atoms with van der Waals surface area (Å²) in [5, 5.41) is 9.62. The maximum absolute atomic E-state index is 12.0. The third-order valence-corrected chi connectivity index (χ3v) is 4.30. The molecule has 2 aromatic rings. The van der Waals surface area contributed by atoms with Gasteiger partial charge in [-0.3, -0.25) is 4.21 Å². The standard InChI is InChI=1S/C12H8Cl2O4S/c13-8-2-1-7(5-9(8)14)6-19(17)11-4-3-10(18-11)12(15)16/h1-5H,6H2,(H,15,16). The van der Waals surface area contributed by atoms with Gasteiger partial charge in [0.2, 0.25) is 5.76 Å². The summed E-state index contributed by atoms with van der Waals surface area (Å²) in [6, 6.07) is 7.58. The van der Waals surface area contributed by atoms with E-state index < -0.39 is 16.8 Å². The third-order valence-electron chi connectivity index (χ3n) is 2.30. The molecule has 0 saturated heterocycles. The molecule has 0 amide bonds. The Morgan fingerprint density at radius 1 is 1.21 bits per heavy atom. The second-order valence-electron chi connectivity index (χ2n) is 3.66. The molecular weight excluding hydrogens is 311 g/mol. The van der Waals surface area contributed by atoms with Gasteiger partial charge in [0, 0.05) is 0 Å². The van der Waals surface area contributed by atoms with Crippen molar-refractivity contribution in [3.05, 3.63) is 51.7 Å². The molecule has 100 valence electrons. The van der Waals surface area contributed by atoms with Crippen molar-refractivity contribution in [1.82, 2.24) is 0 Å². The maximum Gasteiger partial charge on any atom is 0.371 e. The number of halogens is 2. The second kappa shape index (κ2) is 5.77. The van der Waals surface area contributed by atoms with Crippen LogP contribution in [0.4, 0.5) is 0 Å². The van der Waals surface area contributed by atoms with Crippen LogP contribution in [0.2, 0.25) is 10.0 Å². The molecule has 7 heteroatoms. The Hall–Kier alpha value is -1.30. The van der Waals surface area contributed by atoms with Gasteiger partial charge < -0.3 is 9.52 Å². The van der Waals surface area contributed by atoms with E-state index in [-0.39, 0.29) is 16.6 Å². The van der Waals surface area contributed by atoms with Crippen molar-refractivity contribution < 1.29 is 18.5 Å². The summed E-state index contributed by atoms with van der Waals surface area (Å²) in [4.78, 5) is 10.7. The minimum atomic E-state index is -1.48. The molecule has 2 rings (SSSR count). The van der Waals surface area contributed by atoms with Gasteiger partial charge in [0.15, 0.2) is 5.09 Å². The van der Waals surface area contributed by atoms with Crippen LogP contribution < -0.4 is 0 Å². The van der Waals surface area contributed by atoms with E-state index in [1.807, 2.05) is 0 Å². The smallest absolute Gasteiger partial charge is 0.371 e. The van der Waals surface area contributed by atoms with Crippen LogP contribution in [0, 0.1) is 0 Å². The molecule has 0 aliphatic rings. The van der Waals surface area contributed by atoms with E-state index in [0.717, 1.165) is 5.56 Å². The van der Waals surface area contributed by atoms with Gasteiger partial charge in [-0.15, -0.1) is 0 Å². The van der Waals surface area contributed by atoms with Crippen molar-refractivity contribution in [3.63, 3.8) is 0 Å². The Morgan fingerprint density at radius 3 is 2.53 bits per heavy atom. The highest BCUT2D eigenvalue weighted by atomic mass is 35.5. The molecule has 19 heavy (non-hydrogen) atoms. The first kappa shape index (κ1) is 14.1. The van der Waals surface area contributed by atoms with E-state index in [1.165, 1.54) is 12.1 Å². The summed E-state index contributed by atoms with van der Waals surface area (Å²) in [7, 11) is -1.48. The molecule has 0 fully saturated rings. The Balaban J connectivity index is 2.15. The van der Waals surface area contributed by atoms with Crippen molar-refractivity contribution in [2.45, 2.75) is 10.8 Å². The van der Waals surface area contributed by atoms with Crippen LogP contribution >= 0.6 is 23.2 Å². The molecule has 0 radical (unpaired) electrons. The lowest BCUT2D eigenvalue weighted by Gasteiger charge is -2.02. The molecule has 0 spiro atoms. The number of carbonyl (C=O) groups is 1. The molecule has 0 aliphatic carbocycles. The lowest BCUT2D eigenvalue weighted by atomic mass is 10.2. The van der Waals surface area contributed by atoms with E-state index in [1.54, 1.807) is 18.2 Å². The van der Waals surface area contributed by atoms with Crippen LogP contribution in [0.25, 0.3) is 0 Å². The van der Waals surface area contributed by atoms with Crippen LogP contribution in [0.3, 0.4) is 0 Å². The zero-order valence-electron chi connectivity index (χ0n) is 9.43. The number of carboxylic acids is 1. The van der Waals surface area contributed by atoms with Crippen LogP contribution in [0.1, 0.15) is 16.1 Å². The van der Waals surface area contributed by atoms with Crippen LogP contribution in [-0.2, 0) is 16.6 Å². The molecule has 0 aliphatic heterocycles. The Labute approximate surface area is 121 Å². The number of carboxylic acid groups (broad SMARTS) is 1. The average Bonchev–Trinajstić information content (AvgIpc) is 2.83. The monoisotopic (exact) mass is 318 g/mol. The molecule has 1 aromatic carbocycles. The van der Waals surface area contributed by atoms with Crippen molar-refractivity contribution in [2.75, 3.05) is 0 Å². The highest BCUT2D eigenvalue weighted by molar-refractivity contribution is 7.84. The van der Waals surface area contributed by atoms with Gasteiger partial charge in [-0.1, -0.05) is 29.3 Å². The van der Waals surface area contributed by atoms with Crippen LogP contribution in [0.5, 0.6) is 0 Å². The van der Waals surface area contributed by atoms with E-state index in [0.29, 0.717) is 10.0 Å². The molecule has 1 heterocycles. The van der Waals surface area contributed by atoms with Crippen molar-refractivity contribution in [3.8, 4) is 0 Å². The zero-order valence-corrected chi connectivity index (χ0v) is 11.8. The van der Waals surface area contributed by atoms with E-state index in [9.17, 15) is 9.00 Å². The predicted octanol–water partition coefficient (Wildman–Crippen LogP) is 3.59. The zero-order chi connectivity index (χ0) is 14.0. The Kier molecular flexibility index (Phi) is 4.29. The number of furan rings is 1. The molecule has 1 aromatic heterocycles.